The highest BCUT2D eigenvalue weighted by atomic mass is 16.6. The molecule has 3 aliphatic heterocycles. The Morgan fingerprint density at radius 3 is 2.80 bits per heavy atom. The van der Waals surface area contributed by atoms with E-state index in [9.17, 15) is 19.5 Å². The average Bonchev–Trinajstić information content (AvgIpc) is 3.64. The molecule has 0 saturated carbocycles. The van der Waals surface area contributed by atoms with E-state index in [1.165, 1.54) is 4.90 Å². The summed E-state index contributed by atoms with van der Waals surface area (Å²) in [7, 11) is 0. The number of fused-ring (bicyclic) bond motifs is 2. The van der Waals surface area contributed by atoms with Crippen molar-refractivity contribution < 1.29 is 29.0 Å². The van der Waals surface area contributed by atoms with E-state index in [1.807, 2.05) is 37.3 Å². The predicted octanol–water partition coefficient (Wildman–Crippen LogP) is 2.06. The number of esters is 1. The SMILES string of the molecule is C=CCCCCOC(=O)[C@@H]1[C@H]2C(=O)N(CCO)C(C(=O)N(CC=C)Cn3nnc4ccccc43)C23CC[C@@]1(C)O3. The number of aliphatic hydroxyl groups is 1. The largest absolute Gasteiger partial charge is 0.465 e. The molecule has 2 aromatic rings. The van der Waals surface area contributed by atoms with Gasteiger partial charge in [-0.25, -0.2) is 4.68 Å². The van der Waals surface area contributed by atoms with Crippen LogP contribution in [0.2, 0.25) is 0 Å². The maximum Gasteiger partial charge on any atom is 0.312 e. The number of likely N-dealkylation sites (tertiary alicyclic amines) is 1. The lowest BCUT2D eigenvalue weighted by Crippen LogP contribution is -2.56. The van der Waals surface area contributed by atoms with Gasteiger partial charge < -0.3 is 24.4 Å². The van der Waals surface area contributed by atoms with Gasteiger partial charge in [0.25, 0.3) is 0 Å². The zero-order valence-electron chi connectivity index (χ0n) is 22.9. The van der Waals surface area contributed by atoms with Gasteiger partial charge in [-0.3, -0.25) is 14.4 Å². The quantitative estimate of drug-likeness (QED) is 0.228. The molecule has 3 aliphatic rings. The third-order valence-electron chi connectivity index (χ3n) is 8.54. The Morgan fingerprint density at radius 2 is 2.05 bits per heavy atom. The molecule has 3 fully saturated rings. The summed E-state index contributed by atoms with van der Waals surface area (Å²) >= 11 is 0. The number of ether oxygens (including phenoxy) is 2. The summed E-state index contributed by atoms with van der Waals surface area (Å²) in [5.41, 5.74) is -0.666. The maximum atomic E-state index is 14.3. The predicted molar refractivity (Wildman–Crippen MR) is 145 cm³/mol. The van der Waals surface area contributed by atoms with Gasteiger partial charge in [0.15, 0.2) is 0 Å². The molecule has 214 valence electrons. The van der Waals surface area contributed by atoms with Crippen molar-refractivity contribution in [2.45, 2.75) is 62.9 Å². The van der Waals surface area contributed by atoms with E-state index in [4.69, 9.17) is 9.47 Å². The highest BCUT2D eigenvalue weighted by Crippen LogP contribution is 2.63. The van der Waals surface area contributed by atoms with Crippen molar-refractivity contribution >= 4 is 28.8 Å². The first-order chi connectivity index (χ1) is 19.3. The van der Waals surface area contributed by atoms with Gasteiger partial charge >= 0.3 is 5.97 Å². The van der Waals surface area contributed by atoms with Crippen LogP contribution in [0.1, 0.15) is 39.0 Å². The average molecular weight is 552 g/mol. The van der Waals surface area contributed by atoms with Gasteiger partial charge in [0, 0.05) is 13.1 Å². The molecule has 5 rings (SSSR count). The highest BCUT2D eigenvalue weighted by molar-refractivity contribution is 5.98. The van der Waals surface area contributed by atoms with Crippen LogP contribution in [0.25, 0.3) is 11.0 Å². The van der Waals surface area contributed by atoms with Crippen LogP contribution < -0.4 is 0 Å². The second-order valence-electron chi connectivity index (χ2n) is 11.0. The van der Waals surface area contributed by atoms with Crippen molar-refractivity contribution in [3.63, 3.8) is 0 Å². The van der Waals surface area contributed by atoms with Crippen molar-refractivity contribution in [1.29, 1.82) is 0 Å². The number of para-hydroxylation sites is 1. The number of rotatable bonds is 13. The minimum atomic E-state index is -1.20. The second-order valence-corrected chi connectivity index (χ2v) is 11.0. The summed E-state index contributed by atoms with van der Waals surface area (Å²) in [4.78, 5) is 44.6. The van der Waals surface area contributed by atoms with Crippen molar-refractivity contribution in [2.75, 3.05) is 26.3 Å². The van der Waals surface area contributed by atoms with E-state index in [0.29, 0.717) is 24.8 Å². The van der Waals surface area contributed by atoms with Gasteiger partial charge in [0.2, 0.25) is 11.8 Å². The van der Waals surface area contributed by atoms with Crippen LogP contribution >= 0.6 is 0 Å². The number of hydrogen-bond acceptors (Lipinski definition) is 8. The van der Waals surface area contributed by atoms with Gasteiger partial charge in [0.1, 0.15) is 29.7 Å². The summed E-state index contributed by atoms with van der Waals surface area (Å²) in [5.74, 6) is -2.90. The molecule has 1 aromatic carbocycles. The number of aromatic nitrogens is 3. The first-order valence-corrected chi connectivity index (χ1v) is 13.9. The molecule has 0 radical (unpaired) electrons. The van der Waals surface area contributed by atoms with Crippen LogP contribution in [0.3, 0.4) is 0 Å². The molecule has 11 nitrogen and oxygen atoms in total. The Labute approximate surface area is 233 Å². The van der Waals surface area contributed by atoms with Gasteiger partial charge in [-0.1, -0.05) is 29.5 Å². The van der Waals surface area contributed by atoms with E-state index in [0.717, 1.165) is 18.4 Å². The number of carbonyl (C=O) groups is 3. The van der Waals surface area contributed by atoms with Crippen LogP contribution in [0.15, 0.2) is 49.6 Å². The lowest BCUT2D eigenvalue weighted by atomic mass is 9.66. The number of aliphatic hydroxyl groups excluding tert-OH is 1. The third-order valence-corrected chi connectivity index (χ3v) is 8.54. The second kappa shape index (κ2) is 11.1. The van der Waals surface area contributed by atoms with Crippen molar-refractivity contribution in [3.05, 3.63) is 49.6 Å². The zero-order valence-corrected chi connectivity index (χ0v) is 22.9. The Balaban J connectivity index is 1.44. The van der Waals surface area contributed by atoms with Crippen LogP contribution in [-0.4, -0.2) is 91.2 Å². The summed E-state index contributed by atoms with van der Waals surface area (Å²) in [6, 6.07) is 6.42. The van der Waals surface area contributed by atoms with Gasteiger partial charge in [-0.2, -0.15) is 0 Å². The number of hydrogen-bond donors (Lipinski definition) is 1. The van der Waals surface area contributed by atoms with E-state index in [2.05, 4.69) is 23.5 Å². The fraction of sp³-hybridized carbons (Fsp3) is 0.552. The number of unbranched alkanes of at least 4 members (excludes halogenated alkanes) is 2. The first kappa shape index (κ1) is 28.0. The molecule has 2 bridgehead atoms. The van der Waals surface area contributed by atoms with Crippen molar-refractivity contribution in [3.8, 4) is 0 Å². The number of β-amino-alcohol motifs (C(OH)–C–C–N with tert-alkyl or cyclic N) is 1. The van der Waals surface area contributed by atoms with Crippen molar-refractivity contribution in [1.82, 2.24) is 24.8 Å². The van der Waals surface area contributed by atoms with Crippen molar-refractivity contribution in [2.24, 2.45) is 11.8 Å². The fourth-order valence-electron chi connectivity index (χ4n) is 6.79. The minimum Gasteiger partial charge on any atom is -0.465 e. The van der Waals surface area contributed by atoms with Gasteiger partial charge in [-0.15, -0.1) is 18.3 Å². The molecule has 1 N–H and O–H groups in total. The van der Waals surface area contributed by atoms with Crippen LogP contribution in [0, 0.1) is 11.8 Å². The monoisotopic (exact) mass is 551 g/mol. The lowest BCUT2D eigenvalue weighted by Gasteiger charge is -2.36. The number of allylic oxidation sites excluding steroid dienone is 1. The molecule has 2 amide bonds. The summed E-state index contributed by atoms with van der Waals surface area (Å²) in [5, 5.41) is 18.3. The van der Waals surface area contributed by atoms with Gasteiger partial charge in [-0.05, 0) is 51.2 Å². The Morgan fingerprint density at radius 1 is 1.25 bits per heavy atom. The van der Waals surface area contributed by atoms with Crippen LogP contribution in [-0.2, 0) is 30.5 Å². The number of nitrogens with zero attached hydrogens (tertiary/aromatic N) is 5. The molecular weight excluding hydrogens is 514 g/mol. The lowest BCUT2D eigenvalue weighted by molar-refractivity contribution is -0.160. The molecule has 4 heterocycles. The molecule has 1 aromatic heterocycles. The standard InChI is InChI=1S/C29H37N5O6/c1-4-6-7-10-18-39-27(38)23-22-25(36)33(16-17-35)24(29(22)14-13-28(23,3)40-29)26(37)32(15-5-2)19-34-21-12-9-8-11-20(21)30-31-34/h4-5,8-9,11-12,22-24,35H,1-2,6-7,10,13-19H2,3H3/t22-,23-,24?,28+,29?/m0/s1. The Hall–Kier alpha value is -3.57. The molecule has 3 saturated heterocycles. The molecule has 11 heteroatoms. The third kappa shape index (κ3) is 4.50. The molecule has 1 spiro atoms. The van der Waals surface area contributed by atoms with Crippen LogP contribution in [0.5, 0.6) is 0 Å². The molecule has 5 atom stereocenters. The number of amides is 2. The normalized spacial score (nSPS) is 28.6. The number of benzene rings is 1. The fourth-order valence-corrected chi connectivity index (χ4v) is 6.79. The van der Waals surface area contributed by atoms with E-state index < -0.39 is 35.0 Å². The summed E-state index contributed by atoms with van der Waals surface area (Å²) in [6.45, 7) is 9.50. The van der Waals surface area contributed by atoms with Crippen LogP contribution in [0.4, 0.5) is 0 Å². The van der Waals surface area contributed by atoms with E-state index in [1.54, 1.807) is 15.7 Å². The molecule has 2 unspecified atom stereocenters. The molecular formula is C29H37N5O6. The highest BCUT2D eigenvalue weighted by Gasteiger charge is 2.78. The topological polar surface area (TPSA) is 127 Å². The zero-order chi connectivity index (χ0) is 28.5. The van der Waals surface area contributed by atoms with E-state index >= 15 is 0 Å². The van der Waals surface area contributed by atoms with E-state index in [-0.39, 0.29) is 44.8 Å². The summed E-state index contributed by atoms with van der Waals surface area (Å²) < 4.78 is 13.9. The smallest absolute Gasteiger partial charge is 0.312 e. The molecule has 40 heavy (non-hydrogen) atoms. The van der Waals surface area contributed by atoms with Gasteiger partial charge in [0.05, 0.1) is 30.2 Å². The Kier molecular flexibility index (Phi) is 7.78. The Bertz CT molecular complexity index is 1310. The molecule has 0 aliphatic carbocycles. The summed E-state index contributed by atoms with van der Waals surface area (Å²) in [6.07, 6.45) is 6.76. The first-order valence-electron chi connectivity index (χ1n) is 13.9. The maximum absolute atomic E-state index is 14.3. The number of carbonyl (C=O) groups excluding carboxylic acids is 3. The minimum absolute atomic E-state index is 0.0505.